The standard InChI is InChI=1S/C31H38N2O4/c1-4-19-32-31(35)29(22-25-11-6-5-7-12-25)33(23-26-13-8-10-24(2)21-26)30(34)14-9-20-37-28-17-15-27(36-3)16-18-28/h5-8,10-13,15-18,21,29H,4,9,14,19-20,22-23H2,1-3H3,(H,32,35)/t29-/m1/s1. The SMILES string of the molecule is CCCNC(=O)[C@@H](Cc1ccccc1)N(Cc1cccc(C)c1)C(=O)CCCOc1ccc(OC)cc1. The highest BCUT2D eigenvalue weighted by Crippen LogP contribution is 2.19. The molecular formula is C31H38N2O4. The van der Waals surface area contributed by atoms with Crippen molar-refractivity contribution in [3.05, 3.63) is 95.6 Å². The van der Waals surface area contributed by atoms with Crippen molar-refractivity contribution in [2.24, 2.45) is 0 Å². The topological polar surface area (TPSA) is 67.9 Å². The van der Waals surface area contributed by atoms with Gasteiger partial charge in [-0.1, -0.05) is 67.1 Å². The first-order valence-corrected chi connectivity index (χ1v) is 12.9. The van der Waals surface area contributed by atoms with Crippen LogP contribution in [-0.2, 0) is 22.6 Å². The van der Waals surface area contributed by atoms with E-state index in [4.69, 9.17) is 9.47 Å². The zero-order chi connectivity index (χ0) is 26.5. The fourth-order valence-corrected chi connectivity index (χ4v) is 4.16. The van der Waals surface area contributed by atoms with E-state index in [9.17, 15) is 9.59 Å². The normalized spacial score (nSPS) is 11.4. The maximum Gasteiger partial charge on any atom is 0.243 e. The van der Waals surface area contributed by atoms with Crippen LogP contribution in [0.4, 0.5) is 0 Å². The van der Waals surface area contributed by atoms with Gasteiger partial charge in [0.2, 0.25) is 11.8 Å². The monoisotopic (exact) mass is 502 g/mol. The molecule has 3 aromatic carbocycles. The van der Waals surface area contributed by atoms with Crippen LogP contribution in [0.15, 0.2) is 78.9 Å². The highest BCUT2D eigenvalue weighted by molar-refractivity contribution is 5.88. The quantitative estimate of drug-likeness (QED) is 0.303. The molecule has 0 bridgehead atoms. The van der Waals surface area contributed by atoms with Crippen LogP contribution in [0, 0.1) is 6.92 Å². The molecule has 0 heterocycles. The Kier molecular flexibility index (Phi) is 11.0. The Morgan fingerprint density at radius 1 is 0.919 bits per heavy atom. The third-order valence-electron chi connectivity index (χ3n) is 6.12. The zero-order valence-electron chi connectivity index (χ0n) is 22.1. The molecule has 6 heteroatoms. The van der Waals surface area contributed by atoms with Gasteiger partial charge in [-0.05, 0) is 55.2 Å². The molecule has 196 valence electrons. The van der Waals surface area contributed by atoms with Crippen molar-refractivity contribution >= 4 is 11.8 Å². The lowest BCUT2D eigenvalue weighted by molar-refractivity contribution is -0.141. The maximum absolute atomic E-state index is 13.6. The van der Waals surface area contributed by atoms with Gasteiger partial charge in [0.05, 0.1) is 13.7 Å². The lowest BCUT2D eigenvalue weighted by Gasteiger charge is -2.31. The molecule has 1 N–H and O–H groups in total. The van der Waals surface area contributed by atoms with E-state index in [1.54, 1.807) is 12.0 Å². The molecule has 0 radical (unpaired) electrons. The minimum Gasteiger partial charge on any atom is -0.497 e. The number of aryl methyl sites for hydroxylation is 1. The molecule has 0 fully saturated rings. The summed E-state index contributed by atoms with van der Waals surface area (Å²) in [5, 5.41) is 3.02. The van der Waals surface area contributed by atoms with Crippen LogP contribution in [0.2, 0.25) is 0 Å². The van der Waals surface area contributed by atoms with Gasteiger partial charge < -0.3 is 19.7 Å². The number of carbonyl (C=O) groups excluding carboxylic acids is 2. The van der Waals surface area contributed by atoms with Gasteiger partial charge in [0.15, 0.2) is 0 Å². The van der Waals surface area contributed by atoms with Crippen LogP contribution in [0.1, 0.15) is 42.9 Å². The minimum atomic E-state index is -0.607. The highest BCUT2D eigenvalue weighted by atomic mass is 16.5. The number of nitrogens with one attached hydrogen (secondary N) is 1. The Balaban J connectivity index is 1.75. The lowest BCUT2D eigenvalue weighted by Crippen LogP contribution is -2.50. The molecule has 0 aliphatic rings. The fraction of sp³-hybridized carbons (Fsp3) is 0.355. The molecular weight excluding hydrogens is 464 g/mol. The number of methoxy groups -OCH3 is 1. The zero-order valence-corrected chi connectivity index (χ0v) is 22.1. The summed E-state index contributed by atoms with van der Waals surface area (Å²) < 4.78 is 11.0. The van der Waals surface area contributed by atoms with E-state index in [1.165, 1.54) is 0 Å². The molecule has 0 unspecified atom stereocenters. The molecule has 1 atom stereocenters. The molecule has 0 aliphatic heterocycles. The molecule has 37 heavy (non-hydrogen) atoms. The van der Waals surface area contributed by atoms with Gasteiger partial charge in [0, 0.05) is 25.9 Å². The first kappa shape index (κ1) is 27.8. The number of amides is 2. The Labute approximate surface area is 220 Å². The van der Waals surface area contributed by atoms with Crippen molar-refractivity contribution in [1.82, 2.24) is 10.2 Å². The summed E-state index contributed by atoms with van der Waals surface area (Å²) >= 11 is 0. The summed E-state index contributed by atoms with van der Waals surface area (Å²) in [5.74, 6) is 1.31. The van der Waals surface area contributed by atoms with Gasteiger partial charge in [0.1, 0.15) is 17.5 Å². The van der Waals surface area contributed by atoms with E-state index < -0.39 is 6.04 Å². The van der Waals surface area contributed by atoms with E-state index >= 15 is 0 Å². The number of carbonyl (C=O) groups is 2. The van der Waals surface area contributed by atoms with Crippen molar-refractivity contribution in [3.63, 3.8) is 0 Å². The van der Waals surface area contributed by atoms with E-state index in [2.05, 4.69) is 11.4 Å². The van der Waals surface area contributed by atoms with Crippen LogP contribution in [0.5, 0.6) is 11.5 Å². The lowest BCUT2D eigenvalue weighted by atomic mass is 10.0. The van der Waals surface area contributed by atoms with Crippen molar-refractivity contribution < 1.29 is 19.1 Å². The van der Waals surface area contributed by atoms with E-state index in [1.807, 2.05) is 86.6 Å². The number of hydrogen-bond acceptors (Lipinski definition) is 4. The fourth-order valence-electron chi connectivity index (χ4n) is 4.16. The summed E-state index contributed by atoms with van der Waals surface area (Å²) in [6.45, 7) is 5.40. The minimum absolute atomic E-state index is 0.0626. The van der Waals surface area contributed by atoms with E-state index in [-0.39, 0.29) is 18.2 Å². The van der Waals surface area contributed by atoms with Gasteiger partial charge in [0.25, 0.3) is 0 Å². The van der Waals surface area contributed by atoms with Crippen molar-refractivity contribution in [1.29, 1.82) is 0 Å². The first-order chi connectivity index (χ1) is 18.0. The van der Waals surface area contributed by atoms with Crippen LogP contribution in [0.25, 0.3) is 0 Å². The second kappa shape index (κ2) is 14.7. The predicted octanol–water partition coefficient (Wildman–Crippen LogP) is 5.33. The molecule has 0 saturated heterocycles. The van der Waals surface area contributed by atoms with Gasteiger partial charge in [-0.25, -0.2) is 0 Å². The van der Waals surface area contributed by atoms with E-state index in [0.717, 1.165) is 34.6 Å². The second-order valence-electron chi connectivity index (χ2n) is 9.13. The van der Waals surface area contributed by atoms with Crippen LogP contribution in [-0.4, -0.2) is 43.0 Å². The highest BCUT2D eigenvalue weighted by Gasteiger charge is 2.30. The molecule has 0 spiro atoms. The van der Waals surface area contributed by atoms with Crippen molar-refractivity contribution in [2.75, 3.05) is 20.3 Å². The summed E-state index contributed by atoms with van der Waals surface area (Å²) in [5.41, 5.74) is 3.14. The number of nitrogens with zero attached hydrogens (tertiary/aromatic N) is 1. The Bertz CT molecular complexity index is 1120. The van der Waals surface area contributed by atoms with Crippen LogP contribution < -0.4 is 14.8 Å². The van der Waals surface area contributed by atoms with E-state index in [0.29, 0.717) is 32.5 Å². The Morgan fingerprint density at radius 2 is 1.62 bits per heavy atom. The summed E-state index contributed by atoms with van der Waals surface area (Å²) in [4.78, 5) is 28.7. The third kappa shape index (κ3) is 8.98. The molecule has 3 rings (SSSR count). The number of rotatable bonds is 14. The molecule has 3 aromatic rings. The predicted molar refractivity (Wildman–Crippen MR) is 147 cm³/mol. The summed E-state index contributed by atoms with van der Waals surface area (Å²) in [7, 11) is 1.62. The van der Waals surface area contributed by atoms with Gasteiger partial charge in [-0.2, -0.15) is 0 Å². The molecule has 0 aromatic heterocycles. The average molecular weight is 503 g/mol. The van der Waals surface area contributed by atoms with Crippen molar-refractivity contribution in [3.8, 4) is 11.5 Å². The first-order valence-electron chi connectivity index (χ1n) is 12.9. The Hall–Kier alpha value is -3.80. The van der Waals surface area contributed by atoms with Gasteiger partial charge in [-0.3, -0.25) is 9.59 Å². The molecule has 2 amide bonds. The largest absolute Gasteiger partial charge is 0.497 e. The van der Waals surface area contributed by atoms with Gasteiger partial charge >= 0.3 is 0 Å². The number of hydrogen-bond donors (Lipinski definition) is 1. The average Bonchev–Trinajstić information content (AvgIpc) is 2.92. The Morgan fingerprint density at radius 3 is 2.30 bits per heavy atom. The summed E-state index contributed by atoms with van der Waals surface area (Å²) in [6, 6.07) is 24.7. The molecule has 6 nitrogen and oxygen atoms in total. The smallest absolute Gasteiger partial charge is 0.243 e. The third-order valence-corrected chi connectivity index (χ3v) is 6.12. The summed E-state index contributed by atoms with van der Waals surface area (Å²) in [6.07, 6.45) is 2.12. The van der Waals surface area contributed by atoms with Crippen molar-refractivity contribution in [2.45, 2.75) is 52.1 Å². The van der Waals surface area contributed by atoms with Crippen LogP contribution in [0.3, 0.4) is 0 Å². The van der Waals surface area contributed by atoms with Crippen LogP contribution >= 0.6 is 0 Å². The molecule has 0 saturated carbocycles. The number of ether oxygens (including phenoxy) is 2. The second-order valence-corrected chi connectivity index (χ2v) is 9.13. The maximum atomic E-state index is 13.6. The van der Waals surface area contributed by atoms with Gasteiger partial charge in [-0.15, -0.1) is 0 Å². The molecule has 0 aliphatic carbocycles. The number of benzene rings is 3.